The van der Waals surface area contributed by atoms with Crippen molar-refractivity contribution in [1.82, 2.24) is 10.6 Å². The van der Waals surface area contributed by atoms with Crippen LogP contribution in [0.4, 0.5) is 4.79 Å². The van der Waals surface area contributed by atoms with E-state index in [1.807, 2.05) is 19.9 Å². The molecule has 1 aromatic carbocycles. The Morgan fingerprint density at radius 2 is 1.79 bits per heavy atom. The lowest BCUT2D eigenvalue weighted by atomic mass is 9.99. The number of ether oxygens (including phenoxy) is 3. The smallest absolute Gasteiger partial charge is 0.328 e. The van der Waals surface area contributed by atoms with Crippen LogP contribution in [0.25, 0.3) is 0 Å². The standard InChI is InChI=1S/C17H26N2O5/c1-6-11(2)15(16(20)24-5)19-17(21)18-10-12-7-8-13(22-3)14(9-12)23-4/h7-9,11,15H,6,10H2,1-5H3,(H2,18,19,21). The predicted molar refractivity (Wildman–Crippen MR) is 90.2 cm³/mol. The van der Waals surface area contributed by atoms with Gasteiger partial charge in [-0.3, -0.25) is 0 Å². The molecule has 134 valence electrons. The molecule has 0 radical (unpaired) electrons. The normalized spacial score (nSPS) is 12.7. The van der Waals surface area contributed by atoms with Crippen LogP contribution in [0.1, 0.15) is 25.8 Å². The second kappa shape index (κ2) is 9.64. The summed E-state index contributed by atoms with van der Waals surface area (Å²) in [7, 11) is 4.42. The number of rotatable bonds is 8. The van der Waals surface area contributed by atoms with Crippen LogP contribution >= 0.6 is 0 Å². The molecule has 0 aliphatic carbocycles. The molecular formula is C17H26N2O5. The quantitative estimate of drug-likeness (QED) is 0.709. The van der Waals surface area contributed by atoms with Crippen LogP contribution < -0.4 is 20.1 Å². The summed E-state index contributed by atoms with van der Waals surface area (Å²) in [4.78, 5) is 23.8. The van der Waals surface area contributed by atoms with Crippen molar-refractivity contribution < 1.29 is 23.8 Å². The zero-order valence-corrected chi connectivity index (χ0v) is 14.8. The molecule has 7 heteroatoms. The van der Waals surface area contributed by atoms with Crippen LogP contribution in [0, 0.1) is 5.92 Å². The van der Waals surface area contributed by atoms with E-state index in [1.165, 1.54) is 7.11 Å². The molecule has 2 atom stereocenters. The summed E-state index contributed by atoms with van der Waals surface area (Å²) in [6, 6.07) is 4.27. The fourth-order valence-corrected chi connectivity index (χ4v) is 2.16. The zero-order valence-electron chi connectivity index (χ0n) is 14.8. The largest absolute Gasteiger partial charge is 0.493 e. The first-order valence-corrected chi connectivity index (χ1v) is 7.79. The highest BCUT2D eigenvalue weighted by Crippen LogP contribution is 2.27. The predicted octanol–water partition coefficient (Wildman–Crippen LogP) is 2.09. The van der Waals surface area contributed by atoms with E-state index >= 15 is 0 Å². The Balaban J connectivity index is 2.66. The molecule has 0 fully saturated rings. The number of hydrogen-bond acceptors (Lipinski definition) is 5. The van der Waals surface area contributed by atoms with Crippen molar-refractivity contribution in [1.29, 1.82) is 0 Å². The number of esters is 1. The van der Waals surface area contributed by atoms with Crippen molar-refractivity contribution in [2.45, 2.75) is 32.9 Å². The first-order chi connectivity index (χ1) is 11.5. The molecule has 0 bridgehead atoms. The Labute approximate surface area is 142 Å². The van der Waals surface area contributed by atoms with Gasteiger partial charge in [0.15, 0.2) is 11.5 Å². The summed E-state index contributed by atoms with van der Waals surface area (Å²) in [6.45, 7) is 4.13. The van der Waals surface area contributed by atoms with Crippen LogP contribution in [0.5, 0.6) is 11.5 Å². The van der Waals surface area contributed by atoms with Crippen molar-refractivity contribution in [3.8, 4) is 11.5 Å². The maximum absolute atomic E-state index is 12.1. The second-order valence-corrected chi connectivity index (χ2v) is 5.40. The van der Waals surface area contributed by atoms with E-state index in [9.17, 15) is 9.59 Å². The molecule has 24 heavy (non-hydrogen) atoms. The van der Waals surface area contributed by atoms with E-state index in [4.69, 9.17) is 14.2 Å². The summed E-state index contributed by atoms with van der Waals surface area (Å²) in [5.74, 6) is 0.729. The van der Waals surface area contributed by atoms with Crippen LogP contribution in [-0.4, -0.2) is 39.4 Å². The van der Waals surface area contributed by atoms with Crippen molar-refractivity contribution in [3.05, 3.63) is 23.8 Å². The van der Waals surface area contributed by atoms with Crippen LogP contribution in [-0.2, 0) is 16.1 Å². The number of carbonyl (C=O) groups excluding carboxylic acids is 2. The molecular weight excluding hydrogens is 312 g/mol. The van der Waals surface area contributed by atoms with Gasteiger partial charge in [-0.1, -0.05) is 26.3 Å². The van der Waals surface area contributed by atoms with Crippen LogP contribution in [0.3, 0.4) is 0 Å². The molecule has 0 aliphatic rings. The number of carbonyl (C=O) groups is 2. The molecule has 2 N–H and O–H groups in total. The maximum Gasteiger partial charge on any atom is 0.328 e. The van der Waals surface area contributed by atoms with Crippen molar-refractivity contribution >= 4 is 12.0 Å². The zero-order chi connectivity index (χ0) is 18.1. The third-order valence-corrected chi connectivity index (χ3v) is 3.86. The van der Waals surface area contributed by atoms with Crippen molar-refractivity contribution in [3.63, 3.8) is 0 Å². The van der Waals surface area contributed by atoms with Gasteiger partial charge >= 0.3 is 12.0 Å². The van der Waals surface area contributed by atoms with Gasteiger partial charge in [-0.15, -0.1) is 0 Å². The highest BCUT2D eigenvalue weighted by atomic mass is 16.5. The Hall–Kier alpha value is -2.44. The molecule has 2 unspecified atom stereocenters. The number of benzene rings is 1. The molecule has 7 nitrogen and oxygen atoms in total. The topological polar surface area (TPSA) is 85.9 Å². The fraction of sp³-hybridized carbons (Fsp3) is 0.529. The fourth-order valence-electron chi connectivity index (χ4n) is 2.16. The average molecular weight is 338 g/mol. The first-order valence-electron chi connectivity index (χ1n) is 7.79. The Morgan fingerprint density at radius 1 is 1.12 bits per heavy atom. The number of amides is 2. The minimum absolute atomic E-state index is 0.0238. The highest BCUT2D eigenvalue weighted by Gasteiger charge is 2.26. The molecule has 0 saturated carbocycles. The molecule has 1 aromatic rings. The van der Waals surface area contributed by atoms with Crippen molar-refractivity contribution in [2.75, 3.05) is 21.3 Å². The van der Waals surface area contributed by atoms with Crippen LogP contribution in [0.15, 0.2) is 18.2 Å². The molecule has 0 aromatic heterocycles. The summed E-state index contributed by atoms with van der Waals surface area (Å²) in [5, 5.41) is 5.38. The summed E-state index contributed by atoms with van der Waals surface area (Å²) in [5.41, 5.74) is 0.848. The van der Waals surface area contributed by atoms with Gasteiger partial charge < -0.3 is 24.8 Å². The molecule has 0 aliphatic heterocycles. The van der Waals surface area contributed by atoms with Crippen molar-refractivity contribution in [2.24, 2.45) is 5.92 Å². The van der Waals surface area contributed by atoms with E-state index in [2.05, 4.69) is 10.6 Å². The van der Waals surface area contributed by atoms with E-state index in [0.29, 0.717) is 18.0 Å². The average Bonchev–Trinajstić information content (AvgIpc) is 2.62. The SMILES string of the molecule is CCC(C)C(NC(=O)NCc1ccc(OC)c(OC)c1)C(=O)OC. The Morgan fingerprint density at radius 3 is 2.33 bits per heavy atom. The van der Waals surface area contributed by atoms with E-state index in [1.54, 1.807) is 26.4 Å². The second-order valence-electron chi connectivity index (χ2n) is 5.40. The maximum atomic E-state index is 12.1. The summed E-state index contributed by atoms with van der Waals surface area (Å²) in [6.07, 6.45) is 0.746. The van der Waals surface area contributed by atoms with Gasteiger partial charge in [-0.25, -0.2) is 9.59 Å². The Bertz CT molecular complexity index is 562. The van der Waals surface area contributed by atoms with Crippen LogP contribution in [0.2, 0.25) is 0 Å². The van der Waals surface area contributed by atoms with Gasteiger partial charge in [-0.2, -0.15) is 0 Å². The number of methoxy groups -OCH3 is 3. The Kier molecular flexibility index (Phi) is 7.88. The minimum atomic E-state index is -0.676. The van der Waals surface area contributed by atoms with Gasteiger partial charge in [0, 0.05) is 6.54 Å². The summed E-state index contributed by atoms with van der Waals surface area (Å²) < 4.78 is 15.1. The number of urea groups is 1. The monoisotopic (exact) mass is 338 g/mol. The molecule has 0 heterocycles. The van der Waals surface area contributed by atoms with Gasteiger partial charge in [0.2, 0.25) is 0 Å². The molecule has 1 rings (SSSR count). The minimum Gasteiger partial charge on any atom is -0.493 e. The third kappa shape index (κ3) is 5.33. The highest BCUT2D eigenvalue weighted by molar-refractivity contribution is 5.83. The van der Waals surface area contributed by atoms with E-state index in [0.717, 1.165) is 12.0 Å². The molecule has 0 saturated heterocycles. The number of hydrogen-bond donors (Lipinski definition) is 2. The lowest BCUT2D eigenvalue weighted by Crippen LogP contribution is -2.49. The first kappa shape index (κ1) is 19.6. The van der Waals surface area contributed by atoms with Gasteiger partial charge in [0.25, 0.3) is 0 Å². The van der Waals surface area contributed by atoms with Gasteiger partial charge in [-0.05, 0) is 23.6 Å². The van der Waals surface area contributed by atoms with E-state index in [-0.39, 0.29) is 5.92 Å². The van der Waals surface area contributed by atoms with Gasteiger partial charge in [0.05, 0.1) is 21.3 Å². The molecule has 0 spiro atoms. The summed E-state index contributed by atoms with van der Waals surface area (Å²) >= 11 is 0. The van der Waals surface area contributed by atoms with E-state index < -0.39 is 18.0 Å². The lowest BCUT2D eigenvalue weighted by Gasteiger charge is -2.22. The third-order valence-electron chi connectivity index (χ3n) is 3.86. The number of nitrogens with one attached hydrogen (secondary N) is 2. The molecule has 2 amide bonds. The lowest BCUT2D eigenvalue weighted by molar-refractivity contribution is -0.144. The van der Waals surface area contributed by atoms with Gasteiger partial charge in [0.1, 0.15) is 6.04 Å².